The third-order valence-electron chi connectivity index (χ3n) is 3.23. The Morgan fingerprint density at radius 3 is 2.78 bits per heavy atom. The average Bonchev–Trinajstić information content (AvgIpc) is 3.18. The quantitative estimate of drug-likeness (QED) is 0.772. The number of hydrogen-bond donors (Lipinski definition) is 1. The Balaban J connectivity index is 1.71. The number of nitrogens with one attached hydrogen (secondary N) is 1. The highest BCUT2D eigenvalue weighted by Crippen LogP contribution is 2.22. The van der Waals surface area contributed by atoms with E-state index >= 15 is 0 Å². The molecule has 1 amide bonds. The van der Waals surface area contributed by atoms with Crippen LogP contribution < -0.4 is 5.32 Å². The maximum atomic E-state index is 12.2. The van der Waals surface area contributed by atoms with Crippen molar-refractivity contribution in [3.05, 3.63) is 46.6 Å². The molecule has 3 rings (SSSR count). The van der Waals surface area contributed by atoms with Gasteiger partial charge < -0.3 is 4.52 Å². The summed E-state index contributed by atoms with van der Waals surface area (Å²) >= 11 is 1.37. The second kappa shape index (κ2) is 6.70. The lowest BCUT2D eigenvalue weighted by Crippen LogP contribution is -2.11. The van der Waals surface area contributed by atoms with E-state index in [2.05, 4.69) is 27.6 Å². The van der Waals surface area contributed by atoms with E-state index in [1.165, 1.54) is 11.3 Å². The number of nitrogens with zero attached hydrogens (tertiary/aromatic N) is 3. The molecule has 0 aliphatic carbocycles. The van der Waals surface area contributed by atoms with Gasteiger partial charge >= 0.3 is 0 Å². The van der Waals surface area contributed by atoms with Gasteiger partial charge in [0.1, 0.15) is 5.01 Å². The van der Waals surface area contributed by atoms with Crippen LogP contribution in [0.3, 0.4) is 0 Å². The SMILES string of the molecule is CCCc1nnc(NC(=O)c2cc(-c3ccc(C)cc3)on2)s1. The predicted molar refractivity (Wildman–Crippen MR) is 88.5 cm³/mol. The van der Waals surface area contributed by atoms with Crippen LogP contribution >= 0.6 is 11.3 Å². The Labute approximate surface area is 137 Å². The zero-order valence-electron chi connectivity index (χ0n) is 12.9. The van der Waals surface area contributed by atoms with Gasteiger partial charge in [0.15, 0.2) is 11.5 Å². The highest BCUT2D eigenvalue weighted by molar-refractivity contribution is 7.15. The first-order valence-corrected chi connectivity index (χ1v) is 8.15. The molecule has 7 heteroatoms. The van der Waals surface area contributed by atoms with Gasteiger partial charge in [0, 0.05) is 18.1 Å². The number of carbonyl (C=O) groups excluding carboxylic acids is 1. The van der Waals surface area contributed by atoms with Crippen molar-refractivity contribution in [1.29, 1.82) is 0 Å². The smallest absolute Gasteiger partial charge is 0.279 e. The molecule has 1 N–H and O–H groups in total. The van der Waals surface area contributed by atoms with Crippen LogP contribution in [-0.2, 0) is 6.42 Å². The average molecular weight is 328 g/mol. The molecule has 0 bridgehead atoms. The monoisotopic (exact) mass is 328 g/mol. The lowest BCUT2D eigenvalue weighted by Gasteiger charge is -1.96. The Morgan fingerprint density at radius 1 is 1.26 bits per heavy atom. The van der Waals surface area contributed by atoms with Crippen LogP contribution in [0.5, 0.6) is 0 Å². The lowest BCUT2D eigenvalue weighted by molar-refractivity contribution is 0.101. The summed E-state index contributed by atoms with van der Waals surface area (Å²) in [5, 5.41) is 15.9. The largest absolute Gasteiger partial charge is 0.355 e. The van der Waals surface area contributed by atoms with E-state index in [1.54, 1.807) is 6.07 Å². The highest BCUT2D eigenvalue weighted by Gasteiger charge is 2.15. The van der Waals surface area contributed by atoms with E-state index in [0.717, 1.165) is 29.0 Å². The van der Waals surface area contributed by atoms with Gasteiger partial charge in [0.2, 0.25) is 5.13 Å². The van der Waals surface area contributed by atoms with Crippen LogP contribution in [0.2, 0.25) is 0 Å². The number of aryl methyl sites for hydroxylation is 2. The third kappa shape index (κ3) is 3.62. The van der Waals surface area contributed by atoms with Crippen molar-refractivity contribution in [2.24, 2.45) is 0 Å². The van der Waals surface area contributed by atoms with Crippen molar-refractivity contribution < 1.29 is 9.32 Å². The predicted octanol–water partition coefficient (Wildman–Crippen LogP) is 3.71. The number of benzene rings is 1. The minimum absolute atomic E-state index is 0.216. The first-order valence-electron chi connectivity index (χ1n) is 7.33. The zero-order chi connectivity index (χ0) is 16.2. The number of rotatable bonds is 5. The van der Waals surface area contributed by atoms with Gasteiger partial charge in [-0.2, -0.15) is 0 Å². The summed E-state index contributed by atoms with van der Waals surface area (Å²) in [7, 11) is 0. The van der Waals surface area contributed by atoms with Crippen LogP contribution in [0.15, 0.2) is 34.9 Å². The maximum Gasteiger partial charge on any atom is 0.279 e. The van der Waals surface area contributed by atoms with Gasteiger partial charge in [-0.05, 0) is 13.3 Å². The summed E-state index contributed by atoms with van der Waals surface area (Å²) in [5.41, 5.74) is 2.25. The molecule has 2 aromatic heterocycles. The van der Waals surface area contributed by atoms with Crippen molar-refractivity contribution in [2.45, 2.75) is 26.7 Å². The molecule has 0 spiro atoms. The van der Waals surface area contributed by atoms with Gasteiger partial charge in [-0.15, -0.1) is 10.2 Å². The Morgan fingerprint density at radius 2 is 2.04 bits per heavy atom. The Hall–Kier alpha value is -2.54. The number of hydrogen-bond acceptors (Lipinski definition) is 6. The minimum Gasteiger partial charge on any atom is -0.355 e. The van der Waals surface area contributed by atoms with Gasteiger partial charge in [-0.3, -0.25) is 10.1 Å². The fourth-order valence-electron chi connectivity index (χ4n) is 2.02. The van der Waals surface area contributed by atoms with E-state index in [4.69, 9.17) is 4.52 Å². The molecule has 6 nitrogen and oxygen atoms in total. The van der Waals surface area contributed by atoms with Gasteiger partial charge in [-0.1, -0.05) is 53.2 Å². The molecule has 0 unspecified atom stereocenters. The summed E-state index contributed by atoms with van der Waals surface area (Å²) < 4.78 is 5.25. The third-order valence-corrected chi connectivity index (χ3v) is 4.13. The van der Waals surface area contributed by atoms with Crippen molar-refractivity contribution in [2.75, 3.05) is 5.32 Å². The van der Waals surface area contributed by atoms with E-state index < -0.39 is 0 Å². The van der Waals surface area contributed by atoms with Crippen molar-refractivity contribution in [3.8, 4) is 11.3 Å². The van der Waals surface area contributed by atoms with Crippen molar-refractivity contribution in [3.63, 3.8) is 0 Å². The standard InChI is InChI=1S/C16H16N4O2S/c1-3-4-14-18-19-16(23-14)17-15(21)12-9-13(22-20-12)11-7-5-10(2)6-8-11/h5-9H,3-4H2,1-2H3,(H,17,19,21). The molecule has 0 saturated heterocycles. The molecular formula is C16H16N4O2S. The molecule has 0 radical (unpaired) electrons. The molecule has 0 aliphatic heterocycles. The number of carbonyl (C=O) groups is 1. The van der Waals surface area contributed by atoms with E-state index in [0.29, 0.717) is 10.9 Å². The molecule has 2 heterocycles. The molecule has 118 valence electrons. The van der Waals surface area contributed by atoms with Crippen LogP contribution in [0.1, 0.15) is 34.4 Å². The number of anilines is 1. The second-order valence-corrected chi connectivity index (χ2v) is 6.21. The minimum atomic E-state index is -0.355. The molecule has 23 heavy (non-hydrogen) atoms. The van der Waals surface area contributed by atoms with Crippen molar-refractivity contribution >= 4 is 22.4 Å². The second-order valence-electron chi connectivity index (χ2n) is 5.15. The van der Waals surface area contributed by atoms with E-state index in [-0.39, 0.29) is 11.6 Å². The van der Waals surface area contributed by atoms with Gasteiger partial charge in [0.25, 0.3) is 5.91 Å². The normalized spacial score (nSPS) is 10.7. The summed E-state index contributed by atoms with van der Waals surface area (Å²) in [6, 6.07) is 9.44. The van der Waals surface area contributed by atoms with Crippen LogP contribution in [0, 0.1) is 6.92 Å². The first-order chi connectivity index (χ1) is 11.2. The number of aromatic nitrogens is 3. The van der Waals surface area contributed by atoms with Gasteiger partial charge in [-0.25, -0.2) is 0 Å². The fourth-order valence-corrected chi connectivity index (χ4v) is 2.85. The van der Waals surface area contributed by atoms with Crippen LogP contribution in [-0.4, -0.2) is 21.3 Å². The summed E-state index contributed by atoms with van der Waals surface area (Å²) in [6.45, 7) is 4.08. The Kier molecular flexibility index (Phi) is 4.47. The van der Waals surface area contributed by atoms with Crippen molar-refractivity contribution in [1.82, 2.24) is 15.4 Å². The molecule has 1 aromatic carbocycles. The molecule has 0 aliphatic rings. The lowest BCUT2D eigenvalue weighted by atomic mass is 10.1. The molecule has 0 atom stereocenters. The van der Waals surface area contributed by atoms with E-state index in [9.17, 15) is 4.79 Å². The van der Waals surface area contributed by atoms with Gasteiger partial charge in [0.05, 0.1) is 0 Å². The zero-order valence-corrected chi connectivity index (χ0v) is 13.7. The Bertz CT molecular complexity index is 808. The number of amides is 1. The summed E-state index contributed by atoms with van der Waals surface area (Å²) in [4.78, 5) is 12.2. The fraction of sp³-hybridized carbons (Fsp3) is 0.250. The topological polar surface area (TPSA) is 80.9 Å². The van der Waals surface area contributed by atoms with E-state index in [1.807, 2.05) is 31.2 Å². The van der Waals surface area contributed by atoms with Crippen LogP contribution in [0.25, 0.3) is 11.3 Å². The van der Waals surface area contributed by atoms with Crippen LogP contribution in [0.4, 0.5) is 5.13 Å². The highest BCUT2D eigenvalue weighted by atomic mass is 32.1. The molecular weight excluding hydrogens is 312 g/mol. The maximum absolute atomic E-state index is 12.2. The first kappa shape index (κ1) is 15.4. The molecule has 0 fully saturated rings. The summed E-state index contributed by atoms with van der Waals surface area (Å²) in [5.74, 6) is 0.199. The molecule has 0 saturated carbocycles. The molecule has 3 aromatic rings. The summed E-state index contributed by atoms with van der Waals surface area (Å²) in [6.07, 6.45) is 1.85.